The Labute approximate surface area is 228 Å². The molecule has 0 amide bonds. The lowest BCUT2D eigenvalue weighted by atomic mass is 10.2. The first-order chi connectivity index (χ1) is 17.7. The van der Waals surface area contributed by atoms with Crippen LogP contribution in [0.2, 0.25) is 0 Å². The van der Waals surface area contributed by atoms with Crippen molar-refractivity contribution in [2.75, 3.05) is 32.2 Å². The summed E-state index contributed by atoms with van der Waals surface area (Å²) < 4.78 is 9.84. The summed E-state index contributed by atoms with van der Waals surface area (Å²) in [4.78, 5) is 3.73. The standard InChI is InChI=1S/C11H17N.C8H10O2.C8H10O.C5H6S/c1-4-12(5-2)11-8-6-10(3)7-9-11;1-6-3-4-7(9)8(5-6)10-2;1-7-3-5-8(9-2)6-4-7;1-5-3-2-4-6-5/h6-9H,4-5H2,1-3H3;3-5,9H,1-2H3;3-6H,1-2H3;2-4H,1H3. The molecule has 0 aliphatic rings. The summed E-state index contributed by atoms with van der Waals surface area (Å²) in [7, 11) is 3.21. The van der Waals surface area contributed by atoms with Crippen molar-refractivity contribution in [3.05, 3.63) is 106 Å². The Morgan fingerprint density at radius 2 is 1.24 bits per heavy atom. The summed E-state index contributed by atoms with van der Waals surface area (Å²) in [5.41, 5.74) is 4.99. The van der Waals surface area contributed by atoms with Crippen molar-refractivity contribution in [2.24, 2.45) is 0 Å². The van der Waals surface area contributed by atoms with E-state index in [1.54, 1.807) is 30.6 Å². The van der Waals surface area contributed by atoms with Crippen LogP contribution in [0.4, 0.5) is 5.69 Å². The van der Waals surface area contributed by atoms with E-state index in [0.717, 1.165) is 24.4 Å². The molecule has 0 fully saturated rings. The average Bonchev–Trinajstić information content (AvgIpc) is 3.40. The van der Waals surface area contributed by atoms with Gasteiger partial charge in [0.2, 0.25) is 0 Å². The molecule has 0 aliphatic heterocycles. The first-order valence-electron chi connectivity index (χ1n) is 12.5. The topological polar surface area (TPSA) is 41.9 Å². The van der Waals surface area contributed by atoms with E-state index >= 15 is 0 Å². The summed E-state index contributed by atoms with van der Waals surface area (Å²) in [6, 6.07) is 26.0. The molecule has 4 nitrogen and oxygen atoms in total. The highest BCUT2D eigenvalue weighted by Crippen LogP contribution is 2.25. The Hall–Kier alpha value is -3.44. The number of hydrogen-bond donors (Lipinski definition) is 1. The fourth-order valence-electron chi connectivity index (χ4n) is 3.16. The number of phenolic OH excluding ortho intramolecular Hbond substituents is 1. The van der Waals surface area contributed by atoms with Gasteiger partial charge in [0.15, 0.2) is 11.5 Å². The molecule has 0 bridgehead atoms. The fraction of sp³-hybridized carbons (Fsp3) is 0.312. The molecule has 0 unspecified atom stereocenters. The maximum absolute atomic E-state index is 9.11. The maximum Gasteiger partial charge on any atom is 0.160 e. The molecule has 0 radical (unpaired) electrons. The van der Waals surface area contributed by atoms with Crippen LogP contribution in [0.15, 0.2) is 84.2 Å². The third kappa shape index (κ3) is 12.9. The first kappa shape index (κ1) is 31.6. The molecule has 0 spiro atoms. The number of benzene rings is 3. The summed E-state index contributed by atoms with van der Waals surface area (Å²) in [6.45, 7) is 14.8. The number of methoxy groups -OCH3 is 2. The number of nitrogens with zero attached hydrogens (tertiary/aromatic N) is 1. The highest BCUT2D eigenvalue weighted by Gasteiger charge is 1.99. The Morgan fingerprint density at radius 3 is 1.62 bits per heavy atom. The number of ether oxygens (including phenoxy) is 2. The van der Waals surface area contributed by atoms with Gasteiger partial charge in [0, 0.05) is 23.7 Å². The number of aromatic hydroxyl groups is 1. The molecule has 3 aromatic carbocycles. The fourth-order valence-corrected chi connectivity index (χ4v) is 3.69. The van der Waals surface area contributed by atoms with Crippen molar-refractivity contribution < 1.29 is 14.6 Å². The number of phenols is 1. The highest BCUT2D eigenvalue weighted by molar-refractivity contribution is 7.09. The van der Waals surface area contributed by atoms with Gasteiger partial charge >= 0.3 is 0 Å². The molecule has 1 heterocycles. The van der Waals surface area contributed by atoms with Crippen LogP contribution < -0.4 is 14.4 Å². The largest absolute Gasteiger partial charge is 0.504 e. The third-order valence-electron chi connectivity index (χ3n) is 5.42. The van der Waals surface area contributed by atoms with Gasteiger partial charge in [0.25, 0.3) is 0 Å². The number of thiophene rings is 1. The van der Waals surface area contributed by atoms with Crippen LogP contribution in [-0.2, 0) is 0 Å². The van der Waals surface area contributed by atoms with Gasteiger partial charge in [-0.25, -0.2) is 0 Å². The molecule has 0 aliphatic carbocycles. The number of rotatable bonds is 5. The smallest absolute Gasteiger partial charge is 0.160 e. The van der Waals surface area contributed by atoms with Crippen molar-refractivity contribution in [2.45, 2.75) is 41.5 Å². The molecule has 4 rings (SSSR count). The predicted molar refractivity (Wildman–Crippen MR) is 161 cm³/mol. The quantitative estimate of drug-likeness (QED) is 0.285. The third-order valence-corrected chi connectivity index (χ3v) is 6.22. The monoisotopic (exact) mass is 521 g/mol. The molecular formula is C32H43NO3S. The number of aryl methyl sites for hydroxylation is 4. The normalized spacial score (nSPS) is 9.41. The van der Waals surface area contributed by atoms with E-state index in [9.17, 15) is 0 Å². The van der Waals surface area contributed by atoms with E-state index in [2.05, 4.69) is 81.3 Å². The lowest BCUT2D eigenvalue weighted by Crippen LogP contribution is -2.21. The maximum atomic E-state index is 9.11. The molecule has 4 aromatic rings. The van der Waals surface area contributed by atoms with Crippen LogP contribution in [0.25, 0.3) is 0 Å². The van der Waals surface area contributed by atoms with Crippen LogP contribution in [0.5, 0.6) is 17.2 Å². The Kier molecular flexibility index (Phi) is 15.3. The molecule has 200 valence electrons. The summed E-state index contributed by atoms with van der Waals surface area (Å²) >= 11 is 1.78. The number of anilines is 1. The zero-order valence-electron chi connectivity index (χ0n) is 23.6. The zero-order valence-corrected chi connectivity index (χ0v) is 24.4. The first-order valence-corrected chi connectivity index (χ1v) is 13.4. The second-order valence-corrected chi connectivity index (χ2v) is 9.58. The second-order valence-electron chi connectivity index (χ2n) is 8.42. The van der Waals surface area contributed by atoms with Gasteiger partial charge in [-0.15, -0.1) is 11.3 Å². The molecule has 1 N–H and O–H groups in total. The van der Waals surface area contributed by atoms with Gasteiger partial charge in [-0.05, 0) is 95.0 Å². The van der Waals surface area contributed by atoms with E-state index in [1.807, 2.05) is 37.3 Å². The lowest BCUT2D eigenvalue weighted by molar-refractivity contribution is 0.373. The van der Waals surface area contributed by atoms with Crippen molar-refractivity contribution in [3.8, 4) is 17.2 Å². The van der Waals surface area contributed by atoms with Crippen LogP contribution in [0, 0.1) is 27.7 Å². The Balaban J connectivity index is 0.000000253. The van der Waals surface area contributed by atoms with Crippen LogP contribution >= 0.6 is 11.3 Å². The van der Waals surface area contributed by atoms with E-state index in [1.165, 1.54) is 28.8 Å². The van der Waals surface area contributed by atoms with Gasteiger partial charge in [0.05, 0.1) is 14.2 Å². The van der Waals surface area contributed by atoms with Gasteiger partial charge in [-0.1, -0.05) is 47.5 Å². The predicted octanol–water partition coefficient (Wildman–Crippen LogP) is 8.61. The van der Waals surface area contributed by atoms with Crippen molar-refractivity contribution >= 4 is 17.0 Å². The molecule has 37 heavy (non-hydrogen) atoms. The SMILES string of the molecule is CCN(CC)c1ccc(C)cc1.COc1cc(C)ccc1O.COc1ccc(C)cc1.Cc1cccs1. The van der Waals surface area contributed by atoms with Gasteiger partial charge in [-0.3, -0.25) is 0 Å². The molecule has 0 saturated carbocycles. The van der Waals surface area contributed by atoms with Gasteiger partial charge in [0.1, 0.15) is 5.75 Å². The van der Waals surface area contributed by atoms with Gasteiger partial charge < -0.3 is 19.5 Å². The summed E-state index contributed by atoms with van der Waals surface area (Å²) in [5.74, 6) is 1.63. The van der Waals surface area contributed by atoms with Crippen molar-refractivity contribution in [3.63, 3.8) is 0 Å². The van der Waals surface area contributed by atoms with Gasteiger partial charge in [-0.2, -0.15) is 0 Å². The van der Waals surface area contributed by atoms with E-state index in [4.69, 9.17) is 14.6 Å². The molecule has 5 heteroatoms. The Bertz CT molecular complexity index is 1100. The second kappa shape index (κ2) is 17.9. The minimum Gasteiger partial charge on any atom is -0.504 e. The lowest BCUT2D eigenvalue weighted by Gasteiger charge is -2.20. The minimum atomic E-state index is 0.188. The van der Waals surface area contributed by atoms with E-state index in [-0.39, 0.29) is 5.75 Å². The van der Waals surface area contributed by atoms with E-state index in [0.29, 0.717) is 5.75 Å². The summed E-state index contributed by atoms with van der Waals surface area (Å²) in [5, 5.41) is 11.2. The van der Waals surface area contributed by atoms with Crippen molar-refractivity contribution in [1.82, 2.24) is 0 Å². The van der Waals surface area contributed by atoms with Crippen LogP contribution in [-0.4, -0.2) is 32.4 Å². The zero-order chi connectivity index (χ0) is 27.6. The molecule has 0 saturated heterocycles. The van der Waals surface area contributed by atoms with Crippen LogP contribution in [0.1, 0.15) is 35.4 Å². The molecule has 0 atom stereocenters. The average molecular weight is 522 g/mol. The molecular weight excluding hydrogens is 478 g/mol. The Morgan fingerprint density at radius 1 is 0.703 bits per heavy atom. The minimum absolute atomic E-state index is 0.188. The molecule has 1 aromatic heterocycles. The van der Waals surface area contributed by atoms with E-state index < -0.39 is 0 Å². The summed E-state index contributed by atoms with van der Waals surface area (Å²) in [6.07, 6.45) is 0. The highest BCUT2D eigenvalue weighted by atomic mass is 32.1. The number of hydrogen-bond acceptors (Lipinski definition) is 5. The van der Waals surface area contributed by atoms with Crippen LogP contribution in [0.3, 0.4) is 0 Å². The van der Waals surface area contributed by atoms with Crippen molar-refractivity contribution in [1.29, 1.82) is 0 Å².